The molecule has 0 fully saturated rings. The van der Waals surface area contributed by atoms with E-state index in [2.05, 4.69) is 0 Å². The summed E-state index contributed by atoms with van der Waals surface area (Å²) in [4.78, 5) is 0. The summed E-state index contributed by atoms with van der Waals surface area (Å²) in [6.45, 7) is 0. The largest absolute Gasteiger partial charge is 2.00 e. The van der Waals surface area contributed by atoms with Crippen LogP contribution in [-0.2, 0) is 75.0 Å². The van der Waals surface area contributed by atoms with Gasteiger partial charge in [-0.3, -0.25) is 0 Å². The van der Waals surface area contributed by atoms with E-state index in [1.165, 1.54) is 0 Å². The first-order chi connectivity index (χ1) is 0. The Morgan fingerprint density at radius 1 is 0.500 bits per heavy atom. The summed E-state index contributed by atoms with van der Waals surface area (Å²) < 4.78 is 0. The molecule has 0 saturated carbocycles. The summed E-state index contributed by atoms with van der Waals surface area (Å²) in [5, 5.41) is 0. The zero-order valence-electron chi connectivity index (χ0n) is 2.54. The van der Waals surface area contributed by atoms with Crippen LogP contribution < -0.4 is 0 Å². The average Bonchev–Trinajstić information content (AvgIpc) is 0. The first-order valence-corrected chi connectivity index (χ1v) is 0. The maximum Gasteiger partial charge on any atom is 2.00 e. The molecule has 0 atom stereocenters. The molecule has 0 bridgehead atoms. The van der Waals surface area contributed by atoms with E-state index in [1.54, 1.807) is 0 Å². The molecule has 6 heavy (non-hydrogen) atoms. The summed E-state index contributed by atoms with van der Waals surface area (Å²) in [6, 6.07) is 0. The van der Waals surface area contributed by atoms with E-state index in [0.29, 0.717) is 0 Å². The Hall–Kier alpha value is 3.01. The van der Waals surface area contributed by atoms with Gasteiger partial charge >= 0.3 is 27.3 Å². The van der Waals surface area contributed by atoms with E-state index < -0.39 is 0 Å². The summed E-state index contributed by atoms with van der Waals surface area (Å²) in [5.74, 6) is 0. The van der Waals surface area contributed by atoms with Crippen molar-refractivity contribution in [3.8, 4) is 0 Å². The minimum Gasteiger partial charge on any atom is -2.00 e. The monoisotopic (exact) mass is 434 g/mol. The molecule has 0 rings (SSSR count). The van der Waals surface area contributed by atoms with Crippen molar-refractivity contribution in [1.82, 2.24) is 0 Å². The molecule has 0 spiro atoms. The first-order valence-electron chi connectivity index (χ1n) is 0. The van der Waals surface area contributed by atoms with Crippen LogP contribution in [0.2, 0.25) is 0 Å². The second-order valence-corrected chi connectivity index (χ2v) is 0. The first kappa shape index (κ1) is 63.8. The molecule has 2 radical (unpaired) electrons. The number of hydrogen-bond acceptors (Lipinski definition) is 0. The van der Waals surface area contributed by atoms with Crippen LogP contribution in [0.4, 0.5) is 0 Å². The van der Waals surface area contributed by atoms with E-state index in [1.807, 2.05) is 0 Å². The Labute approximate surface area is 101 Å². The van der Waals surface area contributed by atoms with Gasteiger partial charge < -0.3 is 54.0 Å². The van der Waals surface area contributed by atoms with E-state index in [0.717, 1.165) is 0 Å². The van der Waals surface area contributed by atoms with Crippen molar-refractivity contribution in [1.29, 1.82) is 0 Å². The summed E-state index contributed by atoms with van der Waals surface area (Å²) in [7, 11) is 0. The number of rotatable bonds is 0. The predicted molar refractivity (Wildman–Crippen MR) is 35.2 cm³/mol. The molecule has 0 N–H and O–H groups in total. The molecule has 40 valence electrons. The maximum atomic E-state index is 0. The molecular formula is MoPbS4-6. The standard InChI is InChI=1S/Mo.Pb.4S/q;+2;4*-2. The van der Waals surface area contributed by atoms with Gasteiger partial charge in [0.05, 0.1) is 0 Å². The molecular weight excluding hydrogens is 431 g/mol. The normalized spacial score (nSPS) is 0. The van der Waals surface area contributed by atoms with Crippen molar-refractivity contribution < 1.29 is 21.1 Å². The van der Waals surface area contributed by atoms with Crippen LogP contribution in [0.25, 0.3) is 0 Å². The second kappa shape index (κ2) is 43.4. The third-order valence-electron chi connectivity index (χ3n) is 0. The Morgan fingerprint density at radius 3 is 0.500 bits per heavy atom. The summed E-state index contributed by atoms with van der Waals surface area (Å²) in [6.07, 6.45) is 0. The molecule has 0 nitrogen and oxygen atoms in total. The minimum absolute atomic E-state index is 0. The molecule has 0 aliphatic rings. The third kappa shape index (κ3) is 27.9. The smallest absolute Gasteiger partial charge is 2.00 e. The Morgan fingerprint density at radius 2 is 0.500 bits per heavy atom. The molecule has 0 saturated heterocycles. The van der Waals surface area contributed by atoms with Gasteiger partial charge in [0.25, 0.3) is 0 Å². The van der Waals surface area contributed by atoms with Gasteiger partial charge in [-0.1, -0.05) is 0 Å². The van der Waals surface area contributed by atoms with Crippen LogP contribution >= 0.6 is 0 Å². The van der Waals surface area contributed by atoms with Gasteiger partial charge in [0.2, 0.25) is 0 Å². The molecule has 6 heteroatoms. The van der Waals surface area contributed by atoms with Gasteiger partial charge in [-0.05, 0) is 0 Å². The van der Waals surface area contributed by atoms with Gasteiger partial charge in [-0.25, -0.2) is 0 Å². The zero-order valence-corrected chi connectivity index (χ0v) is 11.7. The number of hydrogen-bond donors (Lipinski definition) is 0. The van der Waals surface area contributed by atoms with Crippen molar-refractivity contribution in [3.05, 3.63) is 0 Å². The van der Waals surface area contributed by atoms with E-state index >= 15 is 0 Å². The third-order valence-corrected chi connectivity index (χ3v) is 0. The fourth-order valence-electron chi connectivity index (χ4n) is 0. The Balaban J connectivity index is 0. The van der Waals surface area contributed by atoms with Gasteiger partial charge in [0.1, 0.15) is 0 Å². The molecule has 0 unspecified atom stereocenters. The van der Waals surface area contributed by atoms with Gasteiger partial charge in [-0.15, -0.1) is 0 Å². The van der Waals surface area contributed by atoms with Crippen molar-refractivity contribution in [2.45, 2.75) is 0 Å². The molecule has 0 amide bonds. The molecule has 0 aliphatic heterocycles. The topological polar surface area (TPSA) is 0 Å². The Kier molecular flexibility index (Phi) is 462. The SMILES string of the molecule is [Mo].[Pb+2].[S-2].[S-2].[S-2].[S-2]. The van der Waals surface area contributed by atoms with Crippen LogP contribution in [0.3, 0.4) is 0 Å². The van der Waals surface area contributed by atoms with Crippen molar-refractivity contribution in [3.63, 3.8) is 0 Å². The van der Waals surface area contributed by atoms with Crippen LogP contribution in [0.15, 0.2) is 0 Å². The second-order valence-electron chi connectivity index (χ2n) is 0. The fraction of sp³-hybridized carbons (Fsp3) is 0. The van der Waals surface area contributed by atoms with Crippen LogP contribution in [0.1, 0.15) is 0 Å². The van der Waals surface area contributed by atoms with E-state index in [-0.39, 0.29) is 102 Å². The van der Waals surface area contributed by atoms with Crippen LogP contribution in [0.5, 0.6) is 0 Å². The van der Waals surface area contributed by atoms with Crippen molar-refractivity contribution in [2.24, 2.45) is 0 Å². The van der Waals surface area contributed by atoms with Crippen molar-refractivity contribution >= 4 is 81.3 Å². The van der Waals surface area contributed by atoms with Gasteiger partial charge in [0, 0.05) is 21.1 Å². The van der Waals surface area contributed by atoms with Crippen molar-refractivity contribution in [2.75, 3.05) is 0 Å². The molecule has 0 aromatic carbocycles. The van der Waals surface area contributed by atoms with Crippen LogP contribution in [-0.4, -0.2) is 27.3 Å². The Bertz CT molecular complexity index is 7.51. The zero-order chi connectivity index (χ0) is 0. The fourth-order valence-corrected chi connectivity index (χ4v) is 0. The molecule has 0 aromatic heterocycles. The van der Waals surface area contributed by atoms with Gasteiger partial charge in [0.15, 0.2) is 0 Å². The molecule has 0 aromatic rings. The summed E-state index contributed by atoms with van der Waals surface area (Å²) >= 11 is 0. The molecule has 0 heterocycles. The van der Waals surface area contributed by atoms with E-state index in [4.69, 9.17) is 0 Å². The predicted octanol–water partition coefficient (Wildman–Crippen LogP) is -0.393. The quantitative estimate of drug-likeness (QED) is 0.459. The van der Waals surface area contributed by atoms with Crippen LogP contribution in [0, 0.1) is 0 Å². The molecule has 0 aliphatic carbocycles. The summed E-state index contributed by atoms with van der Waals surface area (Å²) in [5.41, 5.74) is 0. The minimum atomic E-state index is 0. The van der Waals surface area contributed by atoms with E-state index in [9.17, 15) is 0 Å². The van der Waals surface area contributed by atoms with Gasteiger partial charge in [-0.2, -0.15) is 0 Å². The average molecular weight is 431 g/mol. The maximum absolute atomic E-state index is 0.